The molecule has 4 nitrogen and oxygen atoms in total. The monoisotopic (exact) mass is 315 g/mol. The molecule has 1 aromatic carbocycles. The summed E-state index contributed by atoms with van der Waals surface area (Å²) >= 11 is 0. The molecule has 1 saturated heterocycles. The highest BCUT2D eigenvalue weighted by Crippen LogP contribution is 2.19. The highest BCUT2D eigenvalue weighted by molar-refractivity contribution is 5.74. The van der Waals surface area contributed by atoms with Gasteiger partial charge in [0, 0.05) is 25.7 Å². The van der Waals surface area contributed by atoms with Crippen molar-refractivity contribution in [1.82, 2.24) is 15.1 Å². The van der Waals surface area contributed by atoms with Crippen molar-refractivity contribution in [2.24, 2.45) is 5.92 Å². The van der Waals surface area contributed by atoms with Crippen LogP contribution >= 0.6 is 0 Å². The molecule has 2 aliphatic heterocycles. The third-order valence-corrected chi connectivity index (χ3v) is 5.41. The number of nitrogens with zero attached hydrogens (tertiary/aromatic N) is 2. The molecule has 3 rings (SSSR count). The Kier molecular flexibility index (Phi) is 5.21. The maximum atomic E-state index is 12.4. The van der Waals surface area contributed by atoms with E-state index in [1.54, 1.807) is 0 Å². The number of carbonyl (C=O) groups excluding carboxylic acids is 1. The Labute approximate surface area is 139 Å². The summed E-state index contributed by atoms with van der Waals surface area (Å²) in [6.45, 7) is 9.17. The number of hydrogen-bond acceptors (Lipinski definition) is 2. The fourth-order valence-electron chi connectivity index (χ4n) is 3.61. The minimum absolute atomic E-state index is 0.0803. The SMILES string of the molecule is CC1CCN([C@@H](C)CNC(=O)N2CCc3ccccc3C2)CC1. The molecule has 1 aromatic rings. The van der Waals surface area contributed by atoms with Crippen molar-refractivity contribution in [1.29, 1.82) is 0 Å². The topological polar surface area (TPSA) is 35.6 Å². The summed E-state index contributed by atoms with van der Waals surface area (Å²) in [5, 5.41) is 3.14. The quantitative estimate of drug-likeness (QED) is 0.931. The molecule has 2 heterocycles. The van der Waals surface area contributed by atoms with Crippen LogP contribution in [0, 0.1) is 5.92 Å². The van der Waals surface area contributed by atoms with Crippen LogP contribution in [0.4, 0.5) is 4.79 Å². The minimum Gasteiger partial charge on any atom is -0.336 e. The van der Waals surface area contributed by atoms with Gasteiger partial charge in [-0.25, -0.2) is 4.79 Å². The Morgan fingerprint density at radius 2 is 1.91 bits per heavy atom. The van der Waals surface area contributed by atoms with Crippen molar-refractivity contribution >= 4 is 6.03 Å². The van der Waals surface area contributed by atoms with Gasteiger partial charge in [-0.3, -0.25) is 4.90 Å². The molecule has 23 heavy (non-hydrogen) atoms. The van der Waals surface area contributed by atoms with Gasteiger partial charge >= 0.3 is 6.03 Å². The van der Waals surface area contributed by atoms with Crippen LogP contribution in [0.25, 0.3) is 0 Å². The third-order valence-electron chi connectivity index (χ3n) is 5.41. The number of carbonyl (C=O) groups is 1. The molecule has 0 saturated carbocycles. The van der Waals surface area contributed by atoms with E-state index in [1.165, 1.54) is 24.0 Å². The van der Waals surface area contributed by atoms with E-state index in [-0.39, 0.29) is 6.03 Å². The van der Waals surface area contributed by atoms with Crippen molar-refractivity contribution < 1.29 is 4.79 Å². The number of piperidine rings is 1. The van der Waals surface area contributed by atoms with E-state index in [2.05, 4.69) is 48.3 Å². The van der Waals surface area contributed by atoms with Gasteiger partial charge in [0.1, 0.15) is 0 Å². The van der Waals surface area contributed by atoms with Gasteiger partial charge in [-0.15, -0.1) is 0 Å². The molecule has 0 aliphatic carbocycles. The van der Waals surface area contributed by atoms with E-state index in [0.29, 0.717) is 6.04 Å². The first-order chi connectivity index (χ1) is 11.1. The van der Waals surface area contributed by atoms with Crippen LogP contribution < -0.4 is 5.32 Å². The summed E-state index contributed by atoms with van der Waals surface area (Å²) in [4.78, 5) is 16.9. The van der Waals surface area contributed by atoms with Gasteiger partial charge in [0.2, 0.25) is 0 Å². The number of hydrogen-bond donors (Lipinski definition) is 1. The average Bonchev–Trinajstić information content (AvgIpc) is 2.59. The molecule has 0 radical (unpaired) electrons. The van der Waals surface area contributed by atoms with Gasteiger partial charge in [-0.2, -0.15) is 0 Å². The van der Waals surface area contributed by atoms with Gasteiger partial charge < -0.3 is 10.2 Å². The molecule has 2 aliphatic rings. The Morgan fingerprint density at radius 1 is 1.22 bits per heavy atom. The third kappa shape index (κ3) is 4.05. The van der Waals surface area contributed by atoms with Crippen LogP contribution in [0.3, 0.4) is 0 Å². The van der Waals surface area contributed by atoms with E-state index < -0.39 is 0 Å². The van der Waals surface area contributed by atoms with Crippen molar-refractivity contribution in [3.8, 4) is 0 Å². The first-order valence-corrected chi connectivity index (χ1v) is 8.97. The molecule has 0 unspecified atom stereocenters. The highest BCUT2D eigenvalue weighted by atomic mass is 16.2. The summed E-state index contributed by atoms with van der Waals surface area (Å²) < 4.78 is 0. The second-order valence-electron chi connectivity index (χ2n) is 7.19. The second-order valence-corrected chi connectivity index (χ2v) is 7.19. The summed E-state index contributed by atoms with van der Waals surface area (Å²) in [5.74, 6) is 0.849. The lowest BCUT2D eigenvalue weighted by molar-refractivity contribution is 0.141. The zero-order valence-corrected chi connectivity index (χ0v) is 14.4. The molecule has 1 fully saturated rings. The van der Waals surface area contributed by atoms with Crippen LogP contribution in [0.5, 0.6) is 0 Å². The van der Waals surface area contributed by atoms with E-state index in [4.69, 9.17) is 0 Å². The highest BCUT2D eigenvalue weighted by Gasteiger charge is 2.23. The van der Waals surface area contributed by atoms with Crippen molar-refractivity contribution in [2.45, 2.75) is 45.7 Å². The Hall–Kier alpha value is -1.55. The normalized spacial score (nSPS) is 20.9. The number of amides is 2. The molecule has 0 bridgehead atoms. The lowest BCUT2D eigenvalue weighted by Crippen LogP contribution is -2.49. The number of rotatable bonds is 3. The largest absolute Gasteiger partial charge is 0.336 e. The molecule has 1 atom stereocenters. The van der Waals surface area contributed by atoms with E-state index in [0.717, 1.165) is 45.1 Å². The van der Waals surface area contributed by atoms with Crippen LogP contribution in [0.1, 0.15) is 37.8 Å². The summed E-state index contributed by atoms with van der Waals surface area (Å²) in [5.41, 5.74) is 2.67. The first kappa shape index (κ1) is 16.3. The lowest BCUT2D eigenvalue weighted by Gasteiger charge is -2.35. The Bertz CT molecular complexity index is 537. The van der Waals surface area contributed by atoms with Crippen LogP contribution in [-0.4, -0.2) is 48.1 Å². The predicted octanol–water partition coefficient (Wildman–Crippen LogP) is 2.87. The number of benzene rings is 1. The molecule has 1 N–H and O–H groups in total. The number of nitrogens with one attached hydrogen (secondary N) is 1. The van der Waals surface area contributed by atoms with Crippen LogP contribution in [0.2, 0.25) is 0 Å². The lowest BCUT2D eigenvalue weighted by atomic mass is 9.98. The molecular formula is C19H29N3O. The summed E-state index contributed by atoms with van der Waals surface area (Å²) in [6, 6.07) is 8.94. The zero-order chi connectivity index (χ0) is 16.2. The Morgan fingerprint density at radius 3 is 2.65 bits per heavy atom. The van der Waals surface area contributed by atoms with Gasteiger partial charge in [0.05, 0.1) is 0 Å². The fourth-order valence-corrected chi connectivity index (χ4v) is 3.61. The van der Waals surface area contributed by atoms with E-state index in [9.17, 15) is 4.79 Å². The predicted molar refractivity (Wildman–Crippen MR) is 93.4 cm³/mol. The average molecular weight is 315 g/mol. The number of likely N-dealkylation sites (tertiary alicyclic amines) is 1. The molecule has 0 aromatic heterocycles. The smallest absolute Gasteiger partial charge is 0.317 e. The van der Waals surface area contributed by atoms with Crippen molar-refractivity contribution in [2.75, 3.05) is 26.2 Å². The molecule has 2 amide bonds. The summed E-state index contributed by atoms with van der Waals surface area (Å²) in [6.07, 6.45) is 3.52. The second kappa shape index (κ2) is 7.35. The maximum Gasteiger partial charge on any atom is 0.317 e. The summed E-state index contributed by atoms with van der Waals surface area (Å²) in [7, 11) is 0. The minimum atomic E-state index is 0.0803. The van der Waals surface area contributed by atoms with Gasteiger partial charge in [-0.1, -0.05) is 31.2 Å². The Balaban J connectivity index is 1.46. The van der Waals surface area contributed by atoms with Crippen molar-refractivity contribution in [3.05, 3.63) is 35.4 Å². The van der Waals surface area contributed by atoms with E-state index >= 15 is 0 Å². The molecular weight excluding hydrogens is 286 g/mol. The molecule has 126 valence electrons. The van der Waals surface area contributed by atoms with Gasteiger partial charge in [0.15, 0.2) is 0 Å². The maximum absolute atomic E-state index is 12.4. The van der Waals surface area contributed by atoms with Gasteiger partial charge in [-0.05, 0) is 56.3 Å². The van der Waals surface area contributed by atoms with Crippen LogP contribution in [0.15, 0.2) is 24.3 Å². The van der Waals surface area contributed by atoms with E-state index in [1.807, 2.05) is 4.90 Å². The van der Waals surface area contributed by atoms with Crippen LogP contribution in [-0.2, 0) is 13.0 Å². The zero-order valence-electron chi connectivity index (χ0n) is 14.4. The standard InChI is InChI=1S/C19H29N3O/c1-15-7-10-21(11-8-15)16(2)13-20-19(23)22-12-9-17-5-3-4-6-18(17)14-22/h3-6,15-16H,7-14H2,1-2H3,(H,20,23)/t16-/m0/s1. The van der Waals surface area contributed by atoms with Crippen molar-refractivity contribution in [3.63, 3.8) is 0 Å². The molecule has 0 spiro atoms. The number of fused-ring (bicyclic) bond motifs is 1. The number of urea groups is 1. The van der Waals surface area contributed by atoms with Gasteiger partial charge in [0.25, 0.3) is 0 Å². The molecule has 4 heteroatoms. The first-order valence-electron chi connectivity index (χ1n) is 8.97. The fraction of sp³-hybridized carbons (Fsp3) is 0.632.